The van der Waals surface area contributed by atoms with Gasteiger partial charge in [0.1, 0.15) is 0 Å². The summed E-state index contributed by atoms with van der Waals surface area (Å²) in [6, 6.07) is 1.15. The van der Waals surface area contributed by atoms with Crippen LogP contribution in [0, 0.1) is 11.8 Å². The van der Waals surface area contributed by atoms with Crippen LogP contribution in [0.25, 0.3) is 0 Å². The number of hydrogen-bond donors (Lipinski definition) is 0. The van der Waals surface area contributed by atoms with E-state index in [1.54, 1.807) is 0 Å². The molecule has 20 heavy (non-hydrogen) atoms. The van der Waals surface area contributed by atoms with E-state index in [4.69, 9.17) is 23.2 Å². The Labute approximate surface area is 135 Å². The van der Waals surface area contributed by atoms with Gasteiger partial charge in [-0.1, -0.05) is 13.8 Å². The maximum absolute atomic E-state index is 5.74. The zero-order chi connectivity index (χ0) is 15.1. The van der Waals surface area contributed by atoms with Crippen LogP contribution in [0.4, 0.5) is 0 Å². The van der Waals surface area contributed by atoms with Crippen LogP contribution in [0.2, 0.25) is 0 Å². The average molecular weight is 323 g/mol. The molecule has 120 valence electrons. The van der Waals surface area contributed by atoms with Gasteiger partial charge in [0, 0.05) is 36.9 Å². The highest BCUT2D eigenvalue weighted by Gasteiger charge is 2.22. The van der Waals surface area contributed by atoms with Crippen LogP contribution < -0.4 is 0 Å². The Hall–Kier alpha value is 0.500. The second kappa shape index (κ2) is 9.50. The summed E-state index contributed by atoms with van der Waals surface area (Å²) in [4.78, 5) is 4.94. The first-order valence-electron chi connectivity index (χ1n) is 8.07. The van der Waals surface area contributed by atoms with Gasteiger partial charge < -0.3 is 0 Å². The van der Waals surface area contributed by atoms with E-state index in [0.717, 1.165) is 23.6 Å². The summed E-state index contributed by atoms with van der Waals surface area (Å²) < 4.78 is 0. The van der Waals surface area contributed by atoms with Crippen molar-refractivity contribution >= 4 is 23.2 Å². The standard InChI is InChI=1S/2C8H16ClN/c2*1-7-3-4-10(6-7)8(2)5-9/h2*7-8H,3-6H2,1-2H3/t7-,8+;7-,8-/m11/s1. The van der Waals surface area contributed by atoms with E-state index < -0.39 is 0 Å². The van der Waals surface area contributed by atoms with E-state index in [9.17, 15) is 0 Å². The third-order valence-electron chi connectivity index (χ3n) is 4.60. The SMILES string of the molecule is C[C@@H]1CCN([C@@H](C)CCl)C1.C[C@@H]1CCN([C@H](C)CCl)C1. The molecule has 0 bridgehead atoms. The molecule has 2 saturated heterocycles. The fraction of sp³-hybridized carbons (Fsp3) is 1.00. The Balaban J connectivity index is 0.000000200. The largest absolute Gasteiger partial charge is 0.299 e. The van der Waals surface area contributed by atoms with Gasteiger partial charge in [-0.15, -0.1) is 23.2 Å². The van der Waals surface area contributed by atoms with E-state index in [1.165, 1.54) is 39.0 Å². The molecule has 0 radical (unpaired) electrons. The molecule has 2 fully saturated rings. The first-order valence-corrected chi connectivity index (χ1v) is 9.14. The highest BCUT2D eigenvalue weighted by atomic mass is 35.5. The lowest BCUT2D eigenvalue weighted by atomic mass is 10.2. The smallest absolute Gasteiger partial charge is 0.0376 e. The van der Waals surface area contributed by atoms with E-state index >= 15 is 0 Å². The predicted molar refractivity (Wildman–Crippen MR) is 91.1 cm³/mol. The van der Waals surface area contributed by atoms with Crippen molar-refractivity contribution in [3.05, 3.63) is 0 Å². The van der Waals surface area contributed by atoms with Gasteiger partial charge in [0.25, 0.3) is 0 Å². The van der Waals surface area contributed by atoms with E-state index in [1.807, 2.05) is 0 Å². The normalized spacial score (nSPS) is 30.9. The summed E-state index contributed by atoms with van der Waals surface area (Å²) in [6.45, 7) is 14.0. The third-order valence-corrected chi connectivity index (χ3v) is 5.50. The van der Waals surface area contributed by atoms with Crippen LogP contribution in [0.1, 0.15) is 40.5 Å². The van der Waals surface area contributed by atoms with Gasteiger partial charge in [-0.25, -0.2) is 0 Å². The first-order chi connectivity index (χ1) is 9.47. The number of likely N-dealkylation sites (tertiary alicyclic amines) is 2. The van der Waals surface area contributed by atoms with Crippen molar-refractivity contribution in [1.82, 2.24) is 9.80 Å². The number of nitrogens with zero attached hydrogens (tertiary/aromatic N) is 2. The summed E-state index contributed by atoms with van der Waals surface area (Å²) in [7, 11) is 0. The average Bonchev–Trinajstić information content (AvgIpc) is 3.06. The Morgan fingerprint density at radius 1 is 0.850 bits per heavy atom. The molecule has 0 saturated carbocycles. The van der Waals surface area contributed by atoms with Gasteiger partial charge in [0.05, 0.1) is 0 Å². The molecule has 2 heterocycles. The van der Waals surface area contributed by atoms with Gasteiger partial charge >= 0.3 is 0 Å². The first kappa shape index (κ1) is 18.5. The van der Waals surface area contributed by atoms with Gasteiger partial charge in [-0.3, -0.25) is 9.80 Å². The maximum atomic E-state index is 5.74. The molecule has 0 spiro atoms. The zero-order valence-corrected chi connectivity index (χ0v) is 15.1. The molecule has 2 aliphatic heterocycles. The molecule has 0 aromatic carbocycles. The zero-order valence-electron chi connectivity index (χ0n) is 13.6. The quantitative estimate of drug-likeness (QED) is 0.724. The molecular formula is C16H32Cl2N2. The highest BCUT2D eigenvalue weighted by molar-refractivity contribution is 6.18. The summed E-state index contributed by atoms with van der Waals surface area (Å²) >= 11 is 11.5. The van der Waals surface area contributed by atoms with Crippen LogP contribution >= 0.6 is 23.2 Å². The minimum absolute atomic E-state index is 0.576. The molecule has 4 atom stereocenters. The van der Waals surface area contributed by atoms with Crippen molar-refractivity contribution in [2.45, 2.75) is 52.6 Å². The lowest BCUT2D eigenvalue weighted by Gasteiger charge is -2.21. The van der Waals surface area contributed by atoms with Gasteiger partial charge in [-0.05, 0) is 51.6 Å². The summed E-state index contributed by atoms with van der Waals surface area (Å²) in [5.41, 5.74) is 0. The molecule has 0 unspecified atom stereocenters. The third kappa shape index (κ3) is 6.09. The van der Waals surface area contributed by atoms with Crippen LogP contribution in [0.5, 0.6) is 0 Å². The molecule has 0 aliphatic carbocycles. The van der Waals surface area contributed by atoms with Crippen LogP contribution in [0.15, 0.2) is 0 Å². The molecule has 0 N–H and O–H groups in total. The predicted octanol–water partition coefficient (Wildman–Crippen LogP) is 3.91. The number of alkyl halides is 2. The van der Waals surface area contributed by atoms with Gasteiger partial charge in [0.2, 0.25) is 0 Å². The van der Waals surface area contributed by atoms with E-state index in [2.05, 4.69) is 37.5 Å². The second-order valence-electron chi connectivity index (χ2n) is 6.78. The summed E-state index contributed by atoms with van der Waals surface area (Å²) in [5.74, 6) is 3.30. The van der Waals surface area contributed by atoms with Crippen molar-refractivity contribution in [1.29, 1.82) is 0 Å². The number of halogens is 2. The van der Waals surface area contributed by atoms with Crippen LogP contribution in [-0.2, 0) is 0 Å². The lowest BCUT2D eigenvalue weighted by Crippen LogP contribution is -2.31. The van der Waals surface area contributed by atoms with Gasteiger partial charge in [0.15, 0.2) is 0 Å². The molecule has 0 amide bonds. The van der Waals surface area contributed by atoms with Crippen LogP contribution in [-0.4, -0.2) is 59.8 Å². The van der Waals surface area contributed by atoms with Crippen molar-refractivity contribution in [2.75, 3.05) is 37.9 Å². The summed E-state index contributed by atoms with van der Waals surface area (Å²) in [6.07, 6.45) is 2.70. The summed E-state index contributed by atoms with van der Waals surface area (Å²) in [5, 5.41) is 0. The van der Waals surface area contributed by atoms with Crippen molar-refractivity contribution in [3.63, 3.8) is 0 Å². The highest BCUT2D eigenvalue weighted by Crippen LogP contribution is 2.18. The minimum atomic E-state index is 0.576. The van der Waals surface area contributed by atoms with Crippen molar-refractivity contribution in [3.8, 4) is 0 Å². The molecule has 0 aromatic heterocycles. The van der Waals surface area contributed by atoms with E-state index in [0.29, 0.717) is 12.1 Å². The Bertz CT molecular complexity index is 237. The second-order valence-corrected chi connectivity index (χ2v) is 7.40. The van der Waals surface area contributed by atoms with Crippen LogP contribution in [0.3, 0.4) is 0 Å². The molecule has 2 aliphatic rings. The Kier molecular flexibility index (Phi) is 8.81. The molecule has 2 nitrogen and oxygen atoms in total. The Morgan fingerprint density at radius 3 is 1.40 bits per heavy atom. The Morgan fingerprint density at radius 2 is 1.20 bits per heavy atom. The van der Waals surface area contributed by atoms with Crippen molar-refractivity contribution in [2.24, 2.45) is 11.8 Å². The number of rotatable bonds is 4. The number of hydrogen-bond acceptors (Lipinski definition) is 2. The lowest BCUT2D eigenvalue weighted by molar-refractivity contribution is 0.270. The minimum Gasteiger partial charge on any atom is -0.299 e. The molecule has 2 rings (SSSR count). The fourth-order valence-electron chi connectivity index (χ4n) is 2.93. The van der Waals surface area contributed by atoms with Crippen molar-refractivity contribution < 1.29 is 0 Å². The van der Waals surface area contributed by atoms with Gasteiger partial charge in [-0.2, -0.15) is 0 Å². The van der Waals surface area contributed by atoms with E-state index in [-0.39, 0.29) is 0 Å². The maximum Gasteiger partial charge on any atom is 0.0376 e. The monoisotopic (exact) mass is 322 g/mol. The molecule has 4 heteroatoms. The fourth-order valence-corrected chi connectivity index (χ4v) is 3.32. The topological polar surface area (TPSA) is 6.48 Å². The molecular weight excluding hydrogens is 291 g/mol. The molecule has 0 aromatic rings.